The zero-order valence-corrected chi connectivity index (χ0v) is 6.79. The van der Waals surface area contributed by atoms with Gasteiger partial charge in [-0.1, -0.05) is 0 Å². The molecule has 0 rings (SSSR count). The normalized spacial score (nSPS) is 13.7. The fraction of sp³-hybridized carbons (Fsp3) is 1.00. The molecule has 0 aliphatic heterocycles. The molecule has 1 atom stereocenters. The maximum atomic E-state index is 8.90. The summed E-state index contributed by atoms with van der Waals surface area (Å²) < 4.78 is 4.69. The van der Waals surface area contributed by atoms with Crippen LogP contribution < -0.4 is 11.1 Å². The molecule has 5 heteroatoms. The van der Waals surface area contributed by atoms with Crippen LogP contribution in [0.15, 0.2) is 0 Å². The number of hydrogen-bond donors (Lipinski definition) is 3. The Morgan fingerprint density at radius 2 is 2.44 bits per heavy atom. The predicted octanol–water partition coefficient (Wildman–Crippen LogP) is -2.07. The maximum absolute atomic E-state index is 8.90. The molecule has 0 aromatic rings. The topological polar surface area (TPSA) is 67.5 Å². The van der Waals surface area contributed by atoms with Gasteiger partial charge in [-0.25, -0.2) is 0 Å². The minimum atomic E-state index is -1.88. The molecule has 0 aromatic carbocycles. The van der Waals surface area contributed by atoms with Gasteiger partial charge in [0.05, 0.1) is 0 Å². The van der Waals surface area contributed by atoms with E-state index in [1.165, 1.54) is 7.11 Å². The van der Waals surface area contributed by atoms with E-state index < -0.39 is 9.28 Å². The minimum Gasteiger partial charge on any atom is -0.412 e. The van der Waals surface area contributed by atoms with E-state index in [0.717, 1.165) is 6.54 Å². The van der Waals surface area contributed by atoms with Gasteiger partial charge in [-0.05, 0) is 0 Å². The Kier molecular flexibility index (Phi) is 6.22. The quantitative estimate of drug-likeness (QED) is 0.311. The summed E-state index contributed by atoms with van der Waals surface area (Å²) in [5.74, 6) is 0. The monoisotopic (exact) mass is 150 g/mol. The first-order valence-corrected chi connectivity index (χ1v) is 4.73. The summed E-state index contributed by atoms with van der Waals surface area (Å²) >= 11 is 0. The summed E-state index contributed by atoms with van der Waals surface area (Å²) in [7, 11) is -0.365. The molecule has 0 aromatic heterocycles. The predicted molar refractivity (Wildman–Crippen MR) is 38.3 cm³/mol. The van der Waals surface area contributed by atoms with E-state index in [1.54, 1.807) is 0 Å². The molecule has 0 amide bonds. The average molecular weight is 150 g/mol. The fourth-order valence-electron chi connectivity index (χ4n) is 0.411. The Bertz CT molecular complexity index is 64.5. The van der Waals surface area contributed by atoms with Gasteiger partial charge in [-0.2, -0.15) is 0 Å². The van der Waals surface area contributed by atoms with E-state index >= 15 is 0 Å². The van der Waals surface area contributed by atoms with Crippen LogP contribution in [0, 0.1) is 0 Å². The number of nitrogens with two attached hydrogens (primary N) is 1. The van der Waals surface area contributed by atoms with Gasteiger partial charge < -0.3 is 20.3 Å². The highest BCUT2D eigenvalue weighted by molar-refractivity contribution is 6.42. The molecule has 56 valence electrons. The standard InChI is InChI=1S/C4H14N2O2Si/c1-8-9(7)4-6-3-2-5/h6-7,9H,2-5H2,1H3. The Morgan fingerprint density at radius 1 is 1.78 bits per heavy atom. The molecule has 4 nitrogen and oxygen atoms in total. The summed E-state index contributed by atoms with van der Waals surface area (Å²) in [6.07, 6.45) is 0.577. The highest BCUT2D eigenvalue weighted by Crippen LogP contribution is 1.71. The van der Waals surface area contributed by atoms with Crippen molar-refractivity contribution in [1.82, 2.24) is 5.32 Å². The zero-order valence-electron chi connectivity index (χ0n) is 5.63. The van der Waals surface area contributed by atoms with E-state index in [9.17, 15) is 0 Å². The molecule has 1 unspecified atom stereocenters. The van der Waals surface area contributed by atoms with Crippen molar-refractivity contribution < 1.29 is 9.22 Å². The van der Waals surface area contributed by atoms with Gasteiger partial charge in [-0.15, -0.1) is 0 Å². The van der Waals surface area contributed by atoms with E-state index in [1.807, 2.05) is 0 Å². The van der Waals surface area contributed by atoms with Crippen molar-refractivity contribution in [2.75, 3.05) is 26.4 Å². The van der Waals surface area contributed by atoms with E-state index in [0.29, 0.717) is 12.7 Å². The summed E-state index contributed by atoms with van der Waals surface area (Å²) in [6.45, 7) is 1.35. The van der Waals surface area contributed by atoms with Gasteiger partial charge in [0.25, 0.3) is 0 Å². The minimum absolute atomic E-state index is 0.577. The molecule has 0 aliphatic carbocycles. The van der Waals surface area contributed by atoms with E-state index in [-0.39, 0.29) is 0 Å². The first-order valence-electron chi connectivity index (χ1n) is 2.93. The van der Waals surface area contributed by atoms with Gasteiger partial charge >= 0.3 is 9.28 Å². The molecule has 0 fully saturated rings. The Hall–Kier alpha value is 0.0569. The molecule has 0 aliphatic rings. The van der Waals surface area contributed by atoms with Gasteiger partial charge in [0.2, 0.25) is 0 Å². The van der Waals surface area contributed by atoms with Crippen molar-refractivity contribution in [3.8, 4) is 0 Å². The lowest BCUT2D eigenvalue weighted by Crippen LogP contribution is -2.35. The van der Waals surface area contributed by atoms with Crippen molar-refractivity contribution in [3.63, 3.8) is 0 Å². The molecule has 0 saturated carbocycles. The maximum Gasteiger partial charge on any atom is 0.332 e. The third-order valence-electron chi connectivity index (χ3n) is 0.912. The summed E-state index contributed by atoms with van der Waals surface area (Å²) in [5.41, 5.74) is 5.19. The number of nitrogens with one attached hydrogen (secondary N) is 1. The molecule has 0 bridgehead atoms. The summed E-state index contributed by atoms with van der Waals surface area (Å²) in [4.78, 5) is 8.90. The van der Waals surface area contributed by atoms with Crippen LogP contribution in [0.3, 0.4) is 0 Å². The van der Waals surface area contributed by atoms with Gasteiger partial charge in [0.15, 0.2) is 0 Å². The van der Waals surface area contributed by atoms with Crippen LogP contribution in [-0.2, 0) is 4.43 Å². The summed E-state index contributed by atoms with van der Waals surface area (Å²) in [5, 5.41) is 2.95. The largest absolute Gasteiger partial charge is 0.412 e. The lowest BCUT2D eigenvalue weighted by Gasteiger charge is -2.05. The van der Waals surface area contributed by atoms with Gasteiger partial charge in [0.1, 0.15) is 0 Å². The molecule has 0 spiro atoms. The number of rotatable bonds is 5. The Labute approximate surface area is 56.9 Å². The lowest BCUT2D eigenvalue weighted by molar-refractivity contribution is 0.323. The molecule has 0 radical (unpaired) electrons. The van der Waals surface area contributed by atoms with Crippen molar-refractivity contribution in [2.45, 2.75) is 0 Å². The molecular formula is C4H14N2O2Si. The highest BCUT2D eigenvalue weighted by atomic mass is 28.3. The molecule has 4 N–H and O–H groups in total. The summed E-state index contributed by atoms with van der Waals surface area (Å²) in [6, 6.07) is 0. The van der Waals surface area contributed by atoms with Crippen LogP contribution in [0.1, 0.15) is 0 Å². The van der Waals surface area contributed by atoms with Crippen LogP contribution in [-0.4, -0.2) is 40.4 Å². The lowest BCUT2D eigenvalue weighted by atomic mass is 10.7. The Morgan fingerprint density at radius 3 is 2.89 bits per heavy atom. The van der Waals surface area contributed by atoms with Gasteiger partial charge in [0, 0.05) is 26.4 Å². The second-order valence-corrected chi connectivity index (χ2v) is 3.47. The van der Waals surface area contributed by atoms with Crippen LogP contribution in [0.25, 0.3) is 0 Å². The second kappa shape index (κ2) is 6.18. The van der Waals surface area contributed by atoms with Crippen LogP contribution in [0.4, 0.5) is 0 Å². The van der Waals surface area contributed by atoms with Crippen molar-refractivity contribution in [3.05, 3.63) is 0 Å². The molecular weight excluding hydrogens is 136 g/mol. The Balaban J connectivity index is 2.88. The fourth-order valence-corrected chi connectivity index (χ4v) is 1.03. The third kappa shape index (κ3) is 5.94. The SMILES string of the molecule is CO[SiH](O)CNCCN. The second-order valence-electron chi connectivity index (χ2n) is 1.68. The molecule has 9 heavy (non-hydrogen) atoms. The van der Waals surface area contributed by atoms with Gasteiger partial charge in [-0.3, -0.25) is 0 Å². The van der Waals surface area contributed by atoms with Crippen LogP contribution in [0.5, 0.6) is 0 Å². The van der Waals surface area contributed by atoms with Crippen molar-refractivity contribution in [2.24, 2.45) is 5.73 Å². The number of hydrogen-bond acceptors (Lipinski definition) is 4. The smallest absolute Gasteiger partial charge is 0.332 e. The van der Waals surface area contributed by atoms with Crippen molar-refractivity contribution in [1.29, 1.82) is 0 Å². The first kappa shape index (κ1) is 9.06. The highest BCUT2D eigenvalue weighted by Gasteiger charge is 2.01. The first-order chi connectivity index (χ1) is 4.31. The van der Waals surface area contributed by atoms with E-state index in [4.69, 9.17) is 10.5 Å². The van der Waals surface area contributed by atoms with Crippen LogP contribution >= 0.6 is 0 Å². The van der Waals surface area contributed by atoms with E-state index in [2.05, 4.69) is 9.74 Å². The third-order valence-corrected chi connectivity index (χ3v) is 2.09. The average Bonchev–Trinajstić information content (AvgIpc) is 1.89. The molecule has 0 saturated heterocycles. The molecule has 0 heterocycles. The van der Waals surface area contributed by atoms with Crippen molar-refractivity contribution >= 4 is 9.28 Å². The van der Waals surface area contributed by atoms with Crippen LogP contribution in [0.2, 0.25) is 0 Å². The zero-order chi connectivity index (χ0) is 7.11.